The van der Waals surface area contributed by atoms with Gasteiger partial charge in [0.1, 0.15) is 4.88 Å². The summed E-state index contributed by atoms with van der Waals surface area (Å²) >= 11 is 1.24. The Morgan fingerprint density at radius 3 is 2.86 bits per heavy atom. The predicted octanol–water partition coefficient (Wildman–Crippen LogP) is 5.01. The molecule has 2 N–H and O–H groups in total. The van der Waals surface area contributed by atoms with Crippen LogP contribution in [0.2, 0.25) is 0 Å². The summed E-state index contributed by atoms with van der Waals surface area (Å²) in [5.74, 6) is 5.39. The van der Waals surface area contributed by atoms with E-state index >= 15 is 0 Å². The van der Waals surface area contributed by atoms with Gasteiger partial charge in [0.15, 0.2) is 0 Å². The van der Waals surface area contributed by atoms with E-state index < -0.39 is 5.97 Å². The first-order valence-corrected chi connectivity index (χ1v) is 11.0. The third-order valence-electron chi connectivity index (χ3n) is 4.42. The van der Waals surface area contributed by atoms with Gasteiger partial charge >= 0.3 is 5.97 Å². The second-order valence-electron chi connectivity index (χ2n) is 8.29. The first kappa shape index (κ1) is 22.7. The van der Waals surface area contributed by atoms with Crippen molar-refractivity contribution in [1.29, 1.82) is 0 Å². The van der Waals surface area contributed by atoms with Crippen LogP contribution in [0.5, 0.6) is 0 Å². The van der Waals surface area contributed by atoms with Crippen molar-refractivity contribution in [2.45, 2.75) is 71.9 Å². The van der Waals surface area contributed by atoms with Crippen molar-refractivity contribution in [2.75, 3.05) is 25.1 Å². The quantitative estimate of drug-likeness (QED) is 0.421. The molecule has 1 fully saturated rings. The summed E-state index contributed by atoms with van der Waals surface area (Å²) in [5, 5.41) is 13.0. The summed E-state index contributed by atoms with van der Waals surface area (Å²) in [6, 6.07) is 2.10. The number of hydrogen-bond donors (Lipinski definition) is 2. The molecule has 0 aliphatic carbocycles. The van der Waals surface area contributed by atoms with Crippen LogP contribution in [-0.2, 0) is 9.47 Å². The average Bonchev–Trinajstić information content (AvgIpc) is 3.26. The van der Waals surface area contributed by atoms with Gasteiger partial charge in [-0.2, -0.15) is 0 Å². The largest absolute Gasteiger partial charge is 0.477 e. The van der Waals surface area contributed by atoms with Crippen molar-refractivity contribution in [1.82, 2.24) is 0 Å². The Kier molecular flexibility index (Phi) is 8.81. The molecular weight excluding hydrogens is 374 g/mol. The molecule has 28 heavy (non-hydrogen) atoms. The van der Waals surface area contributed by atoms with Crippen molar-refractivity contribution >= 4 is 23.0 Å². The standard InChI is InChI=1S/C22H33NO4S/c1-5-7-16(8-6-12-27-17-10-13-26-15-17)23-19-14-18(9-11-22(2,3)4)28-20(19)21(24)25/h14,16-17,23H,5-8,10,12-13,15H2,1-4H3,(H,24,25)/t16-,17+/m1/s1. The summed E-state index contributed by atoms with van der Waals surface area (Å²) in [6.45, 7) is 10.5. The molecule has 6 heteroatoms. The highest BCUT2D eigenvalue weighted by Crippen LogP contribution is 2.29. The zero-order chi connectivity index (χ0) is 20.6. The van der Waals surface area contributed by atoms with Crippen molar-refractivity contribution in [3.63, 3.8) is 0 Å². The minimum absolute atomic E-state index is 0.115. The second kappa shape index (κ2) is 10.8. The fraction of sp³-hybridized carbons (Fsp3) is 0.682. The first-order valence-electron chi connectivity index (χ1n) is 10.1. The lowest BCUT2D eigenvalue weighted by molar-refractivity contribution is 0.0403. The van der Waals surface area contributed by atoms with Gasteiger partial charge in [0.05, 0.1) is 23.3 Å². The van der Waals surface area contributed by atoms with E-state index in [9.17, 15) is 9.90 Å². The number of aromatic carboxylic acids is 1. The zero-order valence-electron chi connectivity index (χ0n) is 17.5. The van der Waals surface area contributed by atoms with E-state index in [2.05, 4.69) is 24.1 Å². The minimum atomic E-state index is -0.906. The van der Waals surface area contributed by atoms with Crippen LogP contribution in [0.15, 0.2) is 6.07 Å². The van der Waals surface area contributed by atoms with Gasteiger partial charge in [-0.15, -0.1) is 11.3 Å². The summed E-state index contributed by atoms with van der Waals surface area (Å²) in [4.78, 5) is 12.8. The second-order valence-corrected chi connectivity index (χ2v) is 9.34. The molecule has 1 aliphatic rings. The molecule has 1 aliphatic heterocycles. The maximum absolute atomic E-state index is 11.7. The topological polar surface area (TPSA) is 67.8 Å². The Balaban J connectivity index is 1.98. The lowest BCUT2D eigenvalue weighted by Gasteiger charge is -2.19. The minimum Gasteiger partial charge on any atom is -0.477 e. The smallest absolute Gasteiger partial charge is 0.348 e. The van der Waals surface area contributed by atoms with Crippen molar-refractivity contribution in [3.8, 4) is 11.8 Å². The summed E-state index contributed by atoms with van der Waals surface area (Å²) < 4.78 is 11.2. The van der Waals surface area contributed by atoms with E-state index in [0.29, 0.717) is 23.8 Å². The van der Waals surface area contributed by atoms with Crippen molar-refractivity contribution in [3.05, 3.63) is 15.8 Å². The molecule has 156 valence electrons. The van der Waals surface area contributed by atoms with Gasteiger partial charge in [0, 0.05) is 24.7 Å². The summed E-state index contributed by atoms with van der Waals surface area (Å²) in [7, 11) is 0. The molecular formula is C22H33NO4S. The molecule has 1 aromatic rings. The number of carboxylic acids is 1. The summed E-state index contributed by atoms with van der Waals surface area (Å²) in [5.41, 5.74) is 0.565. The van der Waals surface area contributed by atoms with Gasteiger partial charge in [-0.05, 0) is 52.5 Å². The molecule has 2 atom stereocenters. The normalized spacial score (nSPS) is 17.8. The van der Waals surface area contributed by atoms with Crippen LogP contribution in [0.25, 0.3) is 0 Å². The Bertz CT molecular complexity index is 690. The molecule has 1 aromatic heterocycles. The number of nitrogens with one attached hydrogen (secondary N) is 1. The Morgan fingerprint density at radius 1 is 1.46 bits per heavy atom. The predicted molar refractivity (Wildman–Crippen MR) is 114 cm³/mol. The molecule has 5 nitrogen and oxygen atoms in total. The van der Waals surface area contributed by atoms with Crippen molar-refractivity contribution < 1.29 is 19.4 Å². The first-order chi connectivity index (χ1) is 13.3. The van der Waals surface area contributed by atoms with E-state index in [1.807, 2.05) is 26.8 Å². The Hall–Kier alpha value is -1.55. The molecule has 1 saturated heterocycles. The monoisotopic (exact) mass is 407 g/mol. The molecule has 2 heterocycles. The van der Waals surface area contributed by atoms with Crippen LogP contribution in [0.4, 0.5) is 5.69 Å². The Morgan fingerprint density at radius 2 is 2.25 bits per heavy atom. The highest BCUT2D eigenvalue weighted by atomic mass is 32.1. The van der Waals surface area contributed by atoms with Gasteiger partial charge in [0.25, 0.3) is 0 Å². The lowest BCUT2D eigenvalue weighted by Crippen LogP contribution is -2.21. The van der Waals surface area contributed by atoms with Crippen LogP contribution < -0.4 is 5.32 Å². The number of rotatable bonds is 10. The number of hydrogen-bond acceptors (Lipinski definition) is 5. The van der Waals surface area contributed by atoms with E-state index in [4.69, 9.17) is 9.47 Å². The highest BCUT2D eigenvalue weighted by Gasteiger charge is 2.19. The van der Waals surface area contributed by atoms with Gasteiger partial charge < -0.3 is 19.9 Å². The Labute approximate surface area is 172 Å². The van der Waals surface area contributed by atoms with Gasteiger partial charge in [-0.1, -0.05) is 25.2 Å². The SMILES string of the molecule is CCC[C@H](CCCO[C@H]1CCOC1)Nc1cc(C#CC(C)(C)C)sc1C(=O)O. The van der Waals surface area contributed by atoms with Gasteiger partial charge in [-0.25, -0.2) is 4.79 Å². The third kappa shape index (κ3) is 7.83. The van der Waals surface area contributed by atoms with Crippen LogP contribution in [0, 0.1) is 17.3 Å². The van der Waals surface area contributed by atoms with E-state index in [0.717, 1.165) is 43.6 Å². The zero-order valence-corrected chi connectivity index (χ0v) is 18.3. The highest BCUT2D eigenvalue weighted by molar-refractivity contribution is 7.15. The molecule has 0 spiro atoms. The van der Waals surface area contributed by atoms with Crippen LogP contribution in [-0.4, -0.2) is 43.0 Å². The van der Waals surface area contributed by atoms with E-state index in [1.54, 1.807) is 0 Å². The maximum atomic E-state index is 11.7. The average molecular weight is 408 g/mol. The molecule has 2 rings (SSSR count). The molecule has 0 unspecified atom stereocenters. The maximum Gasteiger partial charge on any atom is 0.348 e. The molecule has 0 bridgehead atoms. The number of carbonyl (C=O) groups is 1. The van der Waals surface area contributed by atoms with E-state index in [-0.39, 0.29) is 17.6 Å². The molecule has 0 saturated carbocycles. The van der Waals surface area contributed by atoms with Crippen LogP contribution >= 0.6 is 11.3 Å². The van der Waals surface area contributed by atoms with Crippen LogP contribution in [0.1, 0.15) is 74.3 Å². The van der Waals surface area contributed by atoms with Crippen LogP contribution in [0.3, 0.4) is 0 Å². The number of carboxylic acid groups (broad SMARTS) is 1. The fourth-order valence-electron chi connectivity index (χ4n) is 3.05. The van der Waals surface area contributed by atoms with Crippen molar-refractivity contribution in [2.24, 2.45) is 5.41 Å². The third-order valence-corrected chi connectivity index (χ3v) is 5.46. The lowest BCUT2D eigenvalue weighted by atomic mass is 9.98. The van der Waals surface area contributed by atoms with E-state index in [1.165, 1.54) is 11.3 Å². The van der Waals surface area contributed by atoms with Gasteiger partial charge in [-0.3, -0.25) is 0 Å². The van der Waals surface area contributed by atoms with Gasteiger partial charge in [0.2, 0.25) is 0 Å². The molecule has 0 radical (unpaired) electrons. The fourth-order valence-corrected chi connectivity index (χ4v) is 3.86. The number of ether oxygens (including phenoxy) is 2. The molecule has 0 amide bonds. The number of thiophene rings is 1. The number of anilines is 1. The molecule has 0 aromatic carbocycles. The summed E-state index contributed by atoms with van der Waals surface area (Å²) in [6.07, 6.45) is 5.13.